The van der Waals surface area contributed by atoms with Crippen molar-refractivity contribution in [2.45, 2.75) is 12.7 Å². The zero-order chi connectivity index (χ0) is 24.7. The number of oxazole rings is 1. The molecule has 0 atom stereocenters. The number of fused-ring (bicyclic) bond motifs is 1. The van der Waals surface area contributed by atoms with Gasteiger partial charge in [0.2, 0.25) is 0 Å². The number of halogens is 5. The van der Waals surface area contributed by atoms with Gasteiger partial charge < -0.3 is 8.98 Å². The normalized spacial score (nSPS) is 11.8. The molecule has 3 aromatic carbocycles. The van der Waals surface area contributed by atoms with E-state index in [1.54, 1.807) is 48.5 Å². The van der Waals surface area contributed by atoms with Crippen LogP contribution >= 0.6 is 23.2 Å². The largest absolute Gasteiger partial charge is 0.433 e. The topological polar surface area (TPSA) is 48.0 Å². The lowest BCUT2D eigenvalue weighted by Crippen LogP contribution is -2.19. The first-order chi connectivity index (χ1) is 16.7. The van der Waals surface area contributed by atoms with Crippen molar-refractivity contribution in [2.24, 2.45) is 0 Å². The molecule has 0 unspecified atom stereocenters. The molecule has 0 aliphatic heterocycles. The Hall–Kier alpha value is -3.55. The Kier molecular flexibility index (Phi) is 5.91. The third-order valence-electron chi connectivity index (χ3n) is 5.57. The van der Waals surface area contributed by atoms with Crippen molar-refractivity contribution in [3.8, 4) is 11.3 Å². The van der Waals surface area contributed by atoms with Crippen LogP contribution in [0.25, 0.3) is 22.2 Å². The number of hydrogen-bond donors (Lipinski definition) is 0. The van der Waals surface area contributed by atoms with E-state index < -0.39 is 29.1 Å². The minimum atomic E-state index is -4.85. The molecule has 9 heteroatoms. The van der Waals surface area contributed by atoms with Crippen LogP contribution in [0.1, 0.15) is 27.5 Å². The van der Waals surface area contributed by atoms with E-state index in [1.807, 2.05) is 6.07 Å². The Balaban J connectivity index is 1.68. The first kappa shape index (κ1) is 23.2. The van der Waals surface area contributed by atoms with Gasteiger partial charge in [0.25, 0.3) is 11.7 Å². The number of carbonyl (C=O) groups excluding carboxylic acids is 1. The highest BCUT2D eigenvalue weighted by atomic mass is 35.5. The van der Waals surface area contributed by atoms with Crippen LogP contribution in [-0.4, -0.2) is 15.3 Å². The number of carbonyl (C=O) groups is 1. The molecule has 0 amide bonds. The van der Waals surface area contributed by atoms with Crippen molar-refractivity contribution in [3.63, 3.8) is 0 Å². The number of alkyl halides is 3. The summed E-state index contributed by atoms with van der Waals surface area (Å²) in [6.07, 6.45) is -3.53. The fourth-order valence-corrected chi connectivity index (χ4v) is 4.50. The molecule has 0 aliphatic carbocycles. The molecular formula is C26H15Cl2F3N2O2. The summed E-state index contributed by atoms with van der Waals surface area (Å²) in [4.78, 5) is 17.4. The molecule has 35 heavy (non-hydrogen) atoms. The van der Waals surface area contributed by atoms with Gasteiger partial charge >= 0.3 is 6.18 Å². The first-order valence-electron chi connectivity index (χ1n) is 10.4. The molecule has 0 radical (unpaired) electrons. The van der Waals surface area contributed by atoms with Crippen LogP contribution < -0.4 is 0 Å². The van der Waals surface area contributed by atoms with Crippen LogP contribution in [0.4, 0.5) is 13.2 Å². The SMILES string of the molecule is O=C(c1ncc(-c2ccccc2)o1)c1c(C(F)(F)F)n(Cc2ccc(Cl)cc2Cl)c2ccccc12. The van der Waals surface area contributed by atoms with Crippen molar-refractivity contribution in [2.75, 3.05) is 0 Å². The Morgan fingerprint density at radius 1 is 0.971 bits per heavy atom. The Labute approximate surface area is 207 Å². The number of nitrogens with zero attached hydrogens (tertiary/aromatic N) is 2. The van der Waals surface area contributed by atoms with E-state index in [-0.39, 0.29) is 28.2 Å². The second-order valence-electron chi connectivity index (χ2n) is 7.79. The van der Waals surface area contributed by atoms with Gasteiger partial charge in [-0.2, -0.15) is 13.2 Å². The van der Waals surface area contributed by atoms with Gasteiger partial charge in [-0.15, -0.1) is 0 Å². The van der Waals surface area contributed by atoms with E-state index in [4.69, 9.17) is 27.6 Å². The first-order valence-corrected chi connectivity index (χ1v) is 11.2. The minimum Gasteiger partial charge on any atom is -0.433 e. The molecule has 0 spiro atoms. The number of ketones is 1. The highest BCUT2D eigenvalue weighted by Crippen LogP contribution is 2.40. The number of benzene rings is 3. The van der Waals surface area contributed by atoms with E-state index in [0.717, 1.165) is 4.57 Å². The second-order valence-corrected chi connectivity index (χ2v) is 8.63. The van der Waals surface area contributed by atoms with Crippen molar-refractivity contribution >= 4 is 39.9 Å². The Bertz CT molecular complexity index is 1560. The molecule has 0 fully saturated rings. The number of para-hydroxylation sites is 1. The van der Waals surface area contributed by atoms with Crippen LogP contribution in [0.3, 0.4) is 0 Å². The Morgan fingerprint density at radius 3 is 2.40 bits per heavy atom. The van der Waals surface area contributed by atoms with E-state index in [1.165, 1.54) is 24.4 Å². The van der Waals surface area contributed by atoms with Gasteiger partial charge in [0.05, 0.1) is 11.8 Å². The van der Waals surface area contributed by atoms with Crippen molar-refractivity contribution in [3.05, 3.63) is 112 Å². The monoisotopic (exact) mass is 514 g/mol. The van der Waals surface area contributed by atoms with Crippen LogP contribution in [-0.2, 0) is 12.7 Å². The molecular weight excluding hydrogens is 500 g/mol. The van der Waals surface area contributed by atoms with Gasteiger partial charge in [0.1, 0.15) is 5.69 Å². The predicted molar refractivity (Wildman–Crippen MR) is 128 cm³/mol. The maximum atomic E-state index is 14.5. The summed E-state index contributed by atoms with van der Waals surface area (Å²) in [5.74, 6) is -1.11. The maximum Gasteiger partial charge on any atom is 0.432 e. The lowest BCUT2D eigenvalue weighted by atomic mass is 10.1. The summed E-state index contributed by atoms with van der Waals surface area (Å²) >= 11 is 12.2. The van der Waals surface area contributed by atoms with Gasteiger partial charge in [0, 0.05) is 33.1 Å². The van der Waals surface area contributed by atoms with E-state index >= 15 is 0 Å². The van der Waals surface area contributed by atoms with Crippen LogP contribution in [0, 0.1) is 0 Å². The van der Waals surface area contributed by atoms with Gasteiger partial charge in [-0.25, -0.2) is 4.98 Å². The fourth-order valence-electron chi connectivity index (χ4n) is 4.03. The number of rotatable bonds is 5. The number of aromatic nitrogens is 2. The fraction of sp³-hybridized carbons (Fsp3) is 0.0769. The van der Waals surface area contributed by atoms with Gasteiger partial charge in [-0.1, -0.05) is 77.8 Å². The van der Waals surface area contributed by atoms with Crippen LogP contribution in [0.2, 0.25) is 10.0 Å². The third-order valence-corrected chi connectivity index (χ3v) is 6.16. The highest BCUT2D eigenvalue weighted by molar-refractivity contribution is 6.35. The molecule has 5 aromatic rings. The van der Waals surface area contributed by atoms with Crippen molar-refractivity contribution in [1.29, 1.82) is 0 Å². The van der Waals surface area contributed by atoms with Gasteiger partial charge in [-0.3, -0.25) is 4.79 Å². The van der Waals surface area contributed by atoms with E-state index in [0.29, 0.717) is 16.1 Å². The lowest BCUT2D eigenvalue weighted by molar-refractivity contribution is -0.143. The summed E-state index contributed by atoms with van der Waals surface area (Å²) in [5, 5.41) is 0.715. The number of hydrogen-bond acceptors (Lipinski definition) is 3. The third kappa shape index (κ3) is 4.33. The molecule has 5 rings (SSSR count). The molecule has 0 N–H and O–H groups in total. The molecule has 4 nitrogen and oxygen atoms in total. The summed E-state index contributed by atoms with van der Waals surface area (Å²) in [6.45, 7) is -0.223. The van der Waals surface area contributed by atoms with Gasteiger partial charge in [-0.05, 0) is 23.8 Å². The molecule has 0 saturated carbocycles. The standard InChI is InChI=1S/C26H15Cl2F3N2O2/c27-17-11-10-16(19(28)12-17)14-33-20-9-5-4-8-18(20)22(24(33)26(29,30)31)23(34)25-32-13-21(35-25)15-6-2-1-3-7-15/h1-13H,14H2. The molecule has 176 valence electrons. The Morgan fingerprint density at radius 2 is 1.69 bits per heavy atom. The quantitative estimate of drug-likeness (QED) is 0.224. The summed E-state index contributed by atoms with van der Waals surface area (Å²) < 4.78 is 50.1. The smallest absolute Gasteiger partial charge is 0.432 e. The molecule has 2 heterocycles. The molecule has 0 aliphatic rings. The van der Waals surface area contributed by atoms with Crippen LogP contribution in [0.15, 0.2) is 83.4 Å². The molecule has 0 bridgehead atoms. The van der Waals surface area contributed by atoms with Crippen molar-refractivity contribution in [1.82, 2.24) is 9.55 Å². The van der Waals surface area contributed by atoms with Crippen LogP contribution in [0.5, 0.6) is 0 Å². The molecule has 0 saturated heterocycles. The molecule has 2 aromatic heterocycles. The van der Waals surface area contributed by atoms with Crippen molar-refractivity contribution < 1.29 is 22.4 Å². The van der Waals surface area contributed by atoms with E-state index in [9.17, 15) is 18.0 Å². The second kappa shape index (κ2) is 8.91. The lowest BCUT2D eigenvalue weighted by Gasteiger charge is -2.15. The average Bonchev–Trinajstić information content (AvgIpc) is 3.45. The average molecular weight is 515 g/mol. The summed E-state index contributed by atoms with van der Waals surface area (Å²) in [7, 11) is 0. The maximum absolute atomic E-state index is 14.5. The predicted octanol–water partition coefficient (Wildman–Crippen LogP) is 7.90. The minimum absolute atomic E-state index is 0.134. The van der Waals surface area contributed by atoms with E-state index in [2.05, 4.69) is 4.98 Å². The highest BCUT2D eigenvalue weighted by Gasteiger charge is 2.42. The zero-order valence-corrected chi connectivity index (χ0v) is 19.3. The zero-order valence-electron chi connectivity index (χ0n) is 17.8. The summed E-state index contributed by atoms with van der Waals surface area (Å²) in [5.41, 5.74) is -0.337. The van der Waals surface area contributed by atoms with Gasteiger partial charge in [0.15, 0.2) is 5.76 Å². The summed E-state index contributed by atoms with van der Waals surface area (Å²) in [6, 6.07) is 19.6.